The Labute approximate surface area is 149 Å². The van der Waals surface area contributed by atoms with Crippen LogP contribution < -0.4 is 0 Å². The summed E-state index contributed by atoms with van der Waals surface area (Å²) in [4.78, 5) is 0. The smallest absolute Gasteiger partial charge is 0 e. The van der Waals surface area contributed by atoms with E-state index in [1.807, 2.05) is 0 Å². The monoisotopic (exact) mass is 370 g/mol. The minimum Gasteiger partial charge on any atom is -0.696 e. The fourth-order valence-corrected chi connectivity index (χ4v) is 1.32. The third-order valence-corrected chi connectivity index (χ3v) is 2.13. The van der Waals surface area contributed by atoms with Gasteiger partial charge in [-0.2, -0.15) is 39.3 Å². The van der Waals surface area contributed by atoms with Crippen molar-refractivity contribution in [1.82, 2.24) is 0 Å². The van der Waals surface area contributed by atoms with Gasteiger partial charge in [0.05, 0.1) is 0 Å². The minimum absolute atomic E-state index is 0. The summed E-state index contributed by atoms with van der Waals surface area (Å²) in [6.45, 7) is 7.20. The van der Waals surface area contributed by atoms with E-state index in [0.29, 0.717) is 0 Å². The zero-order chi connectivity index (χ0) is 15.3. The Morgan fingerprint density at radius 1 is 0.571 bits per heavy atom. The van der Waals surface area contributed by atoms with Gasteiger partial charge in [0.2, 0.25) is 0 Å². The molecule has 1 aliphatic rings. The molecule has 0 N–H and O–H groups in total. The fraction of sp³-hybridized carbons (Fsp3) is 0.833. The molecule has 0 aromatic carbocycles. The molecular weight excluding hydrogens is 351 g/mol. The molecule has 9 heteroatoms. The predicted molar refractivity (Wildman–Crippen MR) is 87.6 cm³/mol. The summed E-state index contributed by atoms with van der Waals surface area (Å²) in [6, 6.07) is 0. The van der Waals surface area contributed by atoms with Crippen LogP contribution in [0.4, 0.5) is 0 Å². The van der Waals surface area contributed by atoms with Gasteiger partial charge in [0, 0.05) is 16.5 Å². The van der Waals surface area contributed by atoms with Gasteiger partial charge >= 0.3 is 0 Å². The Morgan fingerprint density at radius 3 is 1.00 bits per heavy atom. The van der Waals surface area contributed by atoms with Crippen LogP contribution in [0.2, 0.25) is 0 Å². The Morgan fingerprint density at radius 2 is 0.762 bits per heavy atom. The molecular formula is C12H20N6NiS2-6. The maximum absolute atomic E-state index is 7.13. The molecule has 126 valence electrons. The molecule has 1 saturated heterocycles. The van der Waals surface area contributed by atoms with E-state index in [0.717, 1.165) is 52.4 Å². The molecule has 1 aliphatic heterocycles. The molecule has 1 heterocycles. The van der Waals surface area contributed by atoms with Crippen LogP contribution in [-0.2, 0) is 41.7 Å². The van der Waals surface area contributed by atoms with Crippen molar-refractivity contribution in [1.29, 1.82) is 10.5 Å². The zero-order valence-corrected chi connectivity index (χ0v) is 14.5. The second-order valence-corrected chi connectivity index (χ2v) is 3.94. The van der Waals surface area contributed by atoms with Gasteiger partial charge in [0.1, 0.15) is 0 Å². The number of thiocyanates is 2. The first kappa shape index (κ1) is 25.7. The van der Waals surface area contributed by atoms with Crippen LogP contribution in [0.3, 0.4) is 0 Å². The summed E-state index contributed by atoms with van der Waals surface area (Å²) in [5, 5.41) is 34.4. The third kappa shape index (κ3) is 32.9. The number of nitriles is 2. The van der Waals surface area contributed by atoms with Crippen molar-refractivity contribution in [3.63, 3.8) is 0 Å². The normalized spacial score (nSPS) is 16.7. The first-order chi connectivity index (χ1) is 9.83. The molecule has 0 aromatic rings. The van der Waals surface area contributed by atoms with E-state index >= 15 is 0 Å². The molecule has 1 rings (SSSR count). The minimum atomic E-state index is 0. The maximum atomic E-state index is 7.13. The van der Waals surface area contributed by atoms with Crippen LogP contribution in [0.15, 0.2) is 0 Å². The molecule has 0 saturated carbocycles. The Balaban J connectivity index is -0.000000400. The molecule has 0 spiro atoms. The summed E-state index contributed by atoms with van der Waals surface area (Å²) >= 11 is 7.40. The van der Waals surface area contributed by atoms with E-state index in [4.69, 9.17) is 10.5 Å². The Bertz CT molecular complexity index is 192. The summed E-state index contributed by atoms with van der Waals surface area (Å²) < 4.78 is 0. The molecule has 0 aliphatic carbocycles. The Hall–Kier alpha value is -0.246. The SMILES string of the molecule is C1CC[N-]CC[N-]CC[N-]CC[N-]C1.N#C[S-].N#C[S-].[Ni]. The molecule has 1 fully saturated rings. The van der Waals surface area contributed by atoms with Crippen LogP contribution in [0.25, 0.3) is 21.3 Å². The average molecular weight is 371 g/mol. The van der Waals surface area contributed by atoms with Crippen LogP contribution in [-0.4, -0.2) is 52.4 Å². The van der Waals surface area contributed by atoms with Gasteiger partial charge in [-0.05, 0) is 0 Å². The van der Waals surface area contributed by atoms with Crippen molar-refractivity contribution in [2.24, 2.45) is 0 Å². The van der Waals surface area contributed by atoms with E-state index in [2.05, 4.69) is 46.5 Å². The third-order valence-electron chi connectivity index (χ3n) is 2.13. The van der Waals surface area contributed by atoms with Gasteiger partial charge in [0.25, 0.3) is 0 Å². The number of hydrogen-bond donors (Lipinski definition) is 0. The van der Waals surface area contributed by atoms with Gasteiger partial charge in [0.15, 0.2) is 0 Å². The maximum Gasteiger partial charge on any atom is 0 e. The predicted octanol–water partition coefficient (Wildman–Crippen LogP) is 2.30. The number of rotatable bonds is 0. The number of hydrogen-bond acceptors (Lipinski definition) is 4. The van der Waals surface area contributed by atoms with E-state index in [9.17, 15) is 0 Å². The molecule has 0 aromatic heterocycles. The van der Waals surface area contributed by atoms with Gasteiger partial charge in [-0.3, -0.25) is 0 Å². The van der Waals surface area contributed by atoms with Gasteiger partial charge in [-0.25, -0.2) is 10.5 Å². The standard InChI is InChI=1S/C10H20N4.2CHNS.Ni/c1-2-4-12-6-8-14-10-9-13-7-5-11-3-1;2*2-1-3;/h1-10H2;2*3H;/q-4;;;/p-2. The second kappa shape index (κ2) is 28.0. The molecule has 21 heavy (non-hydrogen) atoms. The summed E-state index contributed by atoms with van der Waals surface area (Å²) in [6.07, 6.45) is 2.33. The van der Waals surface area contributed by atoms with Crippen LogP contribution in [0.1, 0.15) is 12.8 Å². The first-order valence-electron chi connectivity index (χ1n) is 6.39. The average Bonchev–Trinajstić information content (AvgIpc) is 2.43. The van der Waals surface area contributed by atoms with Gasteiger partial charge < -0.3 is 46.5 Å². The Kier molecular flexibility index (Phi) is 34.2. The van der Waals surface area contributed by atoms with Crippen molar-refractivity contribution >= 4 is 25.3 Å². The molecule has 6 nitrogen and oxygen atoms in total. The summed E-state index contributed by atoms with van der Waals surface area (Å²) in [5.41, 5.74) is 0. The van der Waals surface area contributed by atoms with E-state index in [1.54, 1.807) is 0 Å². The van der Waals surface area contributed by atoms with Crippen molar-refractivity contribution < 1.29 is 16.5 Å². The largest absolute Gasteiger partial charge is 0.696 e. The number of nitrogens with zero attached hydrogens (tertiary/aromatic N) is 6. The summed E-state index contributed by atoms with van der Waals surface area (Å²) in [7, 11) is 0. The fourth-order valence-electron chi connectivity index (χ4n) is 1.32. The van der Waals surface area contributed by atoms with Crippen molar-refractivity contribution in [2.75, 3.05) is 52.4 Å². The van der Waals surface area contributed by atoms with Crippen LogP contribution in [0, 0.1) is 21.3 Å². The molecule has 0 atom stereocenters. The van der Waals surface area contributed by atoms with Gasteiger partial charge in [-0.1, -0.05) is 23.6 Å². The molecule has 0 radical (unpaired) electrons. The molecule has 0 amide bonds. The van der Waals surface area contributed by atoms with E-state index in [1.165, 1.54) is 23.6 Å². The summed E-state index contributed by atoms with van der Waals surface area (Å²) in [5.74, 6) is 0. The van der Waals surface area contributed by atoms with E-state index < -0.39 is 0 Å². The zero-order valence-electron chi connectivity index (χ0n) is 11.9. The van der Waals surface area contributed by atoms with Crippen LogP contribution >= 0.6 is 0 Å². The van der Waals surface area contributed by atoms with Crippen LogP contribution in [0.5, 0.6) is 0 Å². The molecule has 0 unspecified atom stereocenters. The van der Waals surface area contributed by atoms with Gasteiger partial charge in [-0.15, -0.1) is 13.1 Å². The molecule has 0 bridgehead atoms. The second-order valence-electron chi connectivity index (χ2n) is 3.57. The van der Waals surface area contributed by atoms with Crippen molar-refractivity contribution in [2.45, 2.75) is 12.8 Å². The quantitative estimate of drug-likeness (QED) is 0.370. The first-order valence-corrected chi connectivity index (χ1v) is 7.20. The topological polar surface area (TPSA) is 104 Å². The van der Waals surface area contributed by atoms with E-state index in [-0.39, 0.29) is 16.5 Å². The van der Waals surface area contributed by atoms with Crippen molar-refractivity contribution in [3.05, 3.63) is 21.3 Å². The van der Waals surface area contributed by atoms with Crippen molar-refractivity contribution in [3.8, 4) is 10.8 Å².